The van der Waals surface area contributed by atoms with Crippen molar-refractivity contribution in [1.29, 1.82) is 0 Å². The van der Waals surface area contributed by atoms with Crippen molar-refractivity contribution in [2.75, 3.05) is 11.9 Å². The van der Waals surface area contributed by atoms with E-state index in [0.29, 0.717) is 36.0 Å². The average Bonchev–Trinajstić information content (AvgIpc) is 3.09. The molecular formula is C28H22Br2Cl2N2O4S. The number of thioether (sulfide) groups is 1. The van der Waals surface area contributed by atoms with Gasteiger partial charge in [0.2, 0.25) is 5.91 Å². The van der Waals surface area contributed by atoms with Crippen LogP contribution in [0.1, 0.15) is 27.8 Å². The van der Waals surface area contributed by atoms with E-state index in [9.17, 15) is 14.4 Å². The van der Waals surface area contributed by atoms with E-state index >= 15 is 0 Å². The molecule has 0 aromatic heterocycles. The monoisotopic (exact) mass is 710 g/mol. The fourth-order valence-corrected chi connectivity index (χ4v) is 6.83. The van der Waals surface area contributed by atoms with Crippen molar-refractivity contribution in [3.8, 4) is 5.75 Å². The molecular weight excluding hydrogens is 691 g/mol. The Hall–Kier alpha value is -2.30. The van der Waals surface area contributed by atoms with Gasteiger partial charge in [0.1, 0.15) is 18.9 Å². The smallest absolute Gasteiger partial charge is 0.294 e. The van der Waals surface area contributed by atoms with Crippen LogP contribution in [0.2, 0.25) is 10.0 Å². The highest BCUT2D eigenvalue weighted by atomic mass is 79.9. The Bertz CT molecular complexity index is 1500. The zero-order valence-corrected chi connectivity index (χ0v) is 26.5. The summed E-state index contributed by atoms with van der Waals surface area (Å²) in [7, 11) is 0. The topological polar surface area (TPSA) is 75.7 Å². The van der Waals surface area contributed by atoms with Crippen molar-refractivity contribution in [2.24, 2.45) is 0 Å². The maximum Gasteiger partial charge on any atom is 0.294 e. The number of carbonyl (C=O) groups excluding carboxylic acids is 3. The summed E-state index contributed by atoms with van der Waals surface area (Å²) in [4.78, 5) is 39.5. The normalized spacial score (nSPS) is 14.3. The molecule has 0 atom stereocenters. The molecule has 1 aliphatic rings. The van der Waals surface area contributed by atoms with Gasteiger partial charge in [-0.3, -0.25) is 19.3 Å². The molecule has 4 rings (SSSR count). The summed E-state index contributed by atoms with van der Waals surface area (Å²) in [6.45, 7) is 5.63. The molecule has 0 aliphatic carbocycles. The van der Waals surface area contributed by atoms with Crippen molar-refractivity contribution >= 4 is 95.6 Å². The maximum atomic E-state index is 13.0. The fraction of sp³-hybridized carbons (Fsp3) is 0.179. The Kier molecular flexibility index (Phi) is 9.49. The minimum atomic E-state index is -0.526. The third-order valence-electron chi connectivity index (χ3n) is 5.82. The van der Waals surface area contributed by atoms with E-state index in [1.54, 1.807) is 36.4 Å². The largest absolute Gasteiger partial charge is 0.486 e. The summed E-state index contributed by atoms with van der Waals surface area (Å²) in [5.41, 5.74) is 5.02. The molecule has 3 amide bonds. The number of imide groups is 1. The van der Waals surface area contributed by atoms with E-state index in [-0.39, 0.29) is 18.1 Å². The van der Waals surface area contributed by atoms with Crippen LogP contribution in [-0.2, 0) is 16.2 Å². The van der Waals surface area contributed by atoms with Gasteiger partial charge in [-0.05, 0) is 111 Å². The molecule has 11 heteroatoms. The first-order valence-corrected chi connectivity index (χ1v) is 14.8. The summed E-state index contributed by atoms with van der Waals surface area (Å²) in [5, 5.41) is 3.37. The zero-order chi connectivity index (χ0) is 28.4. The van der Waals surface area contributed by atoms with Crippen molar-refractivity contribution in [2.45, 2.75) is 27.4 Å². The molecule has 1 saturated heterocycles. The minimum absolute atomic E-state index is 0.217. The van der Waals surface area contributed by atoms with Gasteiger partial charge >= 0.3 is 0 Å². The number of rotatable bonds is 7. The Morgan fingerprint density at radius 3 is 2.28 bits per heavy atom. The molecule has 0 bridgehead atoms. The molecule has 202 valence electrons. The average molecular weight is 713 g/mol. The van der Waals surface area contributed by atoms with Gasteiger partial charge < -0.3 is 10.1 Å². The van der Waals surface area contributed by atoms with Crippen LogP contribution in [0.3, 0.4) is 0 Å². The molecule has 39 heavy (non-hydrogen) atoms. The molecule has 1 N–H and O–H groups in total. The number of hydrogen-bond donors (Lipinski definition) is 1. The summed E-state index contributed by atoms with van der Waals surface area (Å²) in [6.07, 6.45) is 1.60. The molecule has 0 unspecified atom stereocenters. The zero-order valence-electron chi connectivity index (χ0n) is 21.0. The number of benzene rings is 3. The lowest BCUT2D eigenvalue weighted by molar-refractivity contribution is -0.127. The first-order chi connectivity index (χ1) is 18.4. The predicted molar refractivity (Wildman–Crippen MR) is 165 cm³/mol. The van der Waals surface area contributed by atoms with Crippen LogP contribution in [0.5, 0.6) is 5.75 Å². The van der Waals surface area contributed by atoms with Crippen LogP contribution in [-0.4, -0.2) is 28.5 Å². The molecule has 3 aromatic rings. The molecule has 0 saturated carbocycles. The molecule has 0 radical (unpaired) electrons. The first-order valence-electron chi connectivity index (χ1n) is 11.6. The highest BCUT2D eigenvalue weighted by Gasteiger charge is 2.36. The lowest BCUT2D eigenvalue weighted by Gasteiger charge is -2.16. The molecule has 1 fully saturated rings. The third kappa shape index (κ3) is 7.08. The van der Waals surface area contributed by atoms with Crippen molar-refractivity contribution < 1.29 is 19.1 Å². The van der Waals surface area contributed by atoms with Gasteiger partial charge in [0.15, 0.2) is 0 Å². The second-order valence-electron chi connectivity index (χ2n) is 8.93. The Balaban J connectivity index is 1.45. The van der Waals surface area contributed by atoms with E-state index in [1.807, 2.05) is 32.9 Å². The Morgan fingerprint density at radius 1 is 1.03 bits per heavy atom. The SMILES string of the molecule is Cc1cc(C)c(NC(=O)CN2C(=O)S/C(=C/c3cc(Br)c(OCc4ccc(Cl)cc4Cl)c(Br)c3)C2=O)c(C)c1. The van der Waals surface area contributed by atoms with E-state index in [4.69, 9.17) is 27.9 Å². The minimum Gasteiger partial charge on any atom is -0.486 e. The van der Waals surface area contributed by atoms with E-state index in [2.05, 4.69) is 37.2 Å². The van der Waals surface area contributed by atoms with Crippen LogP contribution in [0, 0.1) is 20.8 Å². The van der Waals surface area contributed by atoms with Crippen LogP contribution in [0.25, 0.3) is 6.08 Å². The Labute approximate surface area is 257 Å². The highest BCUT2D eigenvalue weighted by molar-refractivity contribution is 9.11. The van der Waals surface area contributed by atoms with Gasteiger partial charge in [-0.1, -0.05) is 47.0 Å². The summed E-state index contributed by atoms with van der Waals surface area (Å²) >= 11 is 20.0. The molecule has 3 aromatic carbocycles. The number of halogens is 4. The number of nitrogens with one attached hydrogen (secondary N) is 1. The fourth-order valence-electron chi connectivity index (χ4n) is 4.08. The van der Waals surface area contributed by atoms with Gasteiger partial charge in [0.05, 0.1) is 13.9 Å². The summed E-state index contributed by atoms with van der Waals surface area (Å²) in [5.74, 6) is -0.423. The van der Waals surface area contributed by atoms with Crippen molar-refractivity contribution in [3.05, 3.63) is 94.2 Å². The number of hydrogen-bond acceptors (Lipinski definition) is 5. The molecule has 1 aliphatic heterocycles. The van der Waals surface area contributed by atoms with Gasteiger partial charge in [0.25, 0.3) is 11.1 Å². The highest BCUT2D eigenvalue weighted by Crippen LogP contribution is 2.38. The number of anilines is 1. The Morgan fingerprint density at radius 2 is 1.67 bits per heavy atom. The van der Waals surface area contributed by atoms with Gasteiger partial charge in [0, 0.05) is 21.3 Å². The van der Waals surface area contributed by atoms with Crippen LogP contribution in [0.15, 0.2) is 56.3 Å². The van der Waals surface area contributed by atoms with Crippen molar-refractivity contribution in [3.63, 3.8) is 0 Å². The lowest BCUT2D eigenvalue weighted by Crippen LogP contribution is -2.36. The van der Waals surface area contributed by atoms with Gasteiger partial charge in [-0.25, -0.2) is 0 Å². The summed E-state index contributed by atoms with van der Waals surface area (Å²) < 4.78 is 7.22. The summed E-state index contributed by atoms with van der Waals surface area (Å²) in [6, 6.07) is 12.6. The maximum absolute atomic E-state index is 13.0. The van der Waals surface area contributed by atoms with E-state index in [0.717, 1.165) is 38.9 Å². The van der Waals surface area contributed by atoms with Crippen molar-refractivity contribution in [1.82, 2.24) is 4.90 Å². The number of aryl methyl sites for hydroxylation is 3. The quantitative estimate of drug-likeness (QED) is 0.248. The number of nitrogens with zero attached hydrogens (tertiary/aromatic N) is 1. The third-order valence-corrected chi connectivity index (χ3v) is 8.49. The van der Waals surface area contributed by atoms with E-state index < -0.39 is 17.1 Å². The number of amides is 3. The van der Waals surface area contributed by atoms with Crippen LogP contribution < -0.4 is 10.1 Å². The molecule has 6 nitrogen and oxygen atoms in total. The number of ether oxygens (including phenoxy) is 1. The standard InChI is InChI=1S/C28H22Br2Cl2N2O4S/c1-14-6-15(2)25(16(3)7-14)33-24(35)12-34-27(36)23(39-28(34)37)10-17-8-20(29)26(21(30)9-17)38-13-18-4-5-19(31)11-22(18)32/h4-11H,12-13H2,1-3H3,(H,33,35)/b23-10+. The number of carbonyl (C=O) groups is 3. The van der Waals surface area contributed by atoms with Crippen LogP contribution in [0.4, 0.5) is 10.5 Å². The second kappa shape index (κ2) is 12.5. The van der Waals surface area contributed by atoms with Gasteiger partial charge in [-0.15, -0.1) is 0 Å². The van der Waals surface area contributed by atoms with E-state index in [1.165, 1.54) is 0 Å². The van der Waals surface area contributed by atoms with Crippen LogP contribution >= 0.6 is 66.8 Å². The van der Waals surface area contributed by atoms with Gasteiger partial charge in [-0.2, -0.15) is 0 Å². The lowest BCUT2D eigenvalue weighted by atomic mass is 10.1. The molecule has 0 spiro atoms. The second-order valence-corrected chi connectivity index (χ2v) is 12.5. The molecule has 1 heterocycles. The first kappa shape index (κ1) is 29.7. The predicted octanol–water partition coefficient (Wildman–Crippen LogP) is 8.70.